The molecule has 2 unspecified atom stereocenters. The minimum Gasteiger partial charge on any atom is -0.450 e. The van der Waals surface area contributed by atoms with E-state index in [0.29, 0.717) is 0 Å². The molecule has 0 aromatic heterocycles. The molecule has 0 bridgehead atoms. The molecule has 0 radical (unpaired) electrons. The zero-order valence-corrected chi connectivity index (χ0v) is 11.5. The van der Waals surface area contributed by atoms with E-state index in [1.807, 2.05) is 56.3 Å². The van der Waals surface area contributed by atoms with E-state index in [-0.39, 0.29) is 11.5 Å². The first-order chi connectivity index (χ1) is 9.56. The van der Waals surface area contributed by atoms with Crippen LogP contribution in [0.4, 0.5) is 0 Å². The van der Waals surface area contributed by atoms with E-state index < -0.39 is 11.6 Å². The minimum atomic E-state index is -0.733. The Morgan fingerprint density at radius 1 is 1.35 bits per heavy atom. The van der Waals surface area contributed by atoms with Gasteiger partial charge in [-0.05, 0) is 25.8 Å². The van der Waals surface area contributed by atoms with Crippen LogP contribution in [-0.2, 0) is 9.53 Å². The fraction of sp³-hybridized carbons (Fsp3) is 0.294. The molecule has 2 atom stereocenters. The Bertz CT molecular complexity index is 679. The SMILES string of the molecule is CC1=CC2=C(C#N)C(=O)OC2(C)C(c2ccccc2)C1. The molecule has 0 saturated carbocycles. The number of rotatable bonds is 1. The Labute approximate surface area is 118 Å². The van der Waals surface area contributed by atoms with E-state index in [9.17, 15) is 10.1 Å². The second kappa shape index (κ2) is 4.35. The smallest absolute Gasteiger partial charge is 0.350 e. The van der Waals surface area contributed by atoms with Crippen molar-refractivity contribution in [3.05, 3.63) is 58.7 Å². The Morgan fingerprint density at radius 2 is 2.05 bits per heavy atom. The summed E-state index contributed by atoms with van der Waals surface area (Å²) in [6.45, 7) is 3.94. The highest BCUT2D eigenvalue weighted by atomic mass is 16.6. The summed E-state index contributed by atoms with van der Waals surface area (Å²) in [6, 6.07) is 12.0. The van der Waals surface area contributed by atoms with Crippen LogP contribution < -0.4 is 0 Å². The Morgan fingerprint density at radius 3 is 2.70 bits per heavy atom. The lowest BCUT2D eigenvalue weighted by atomic mass is 9.71. The number of allylic oxidation sites excluding steroid dienone is 1. The van der Waals surface area contributed by atoms with Crippen molar-refractivity contribution >= 4 is 5.97 Å². The van der Waals surface area contributed by atoms with Crippen molar-refractivity contribution in [3.63, 3.8) is 0 Å². The summed E-state index contributed by atoms with van der Waals surface area (Å²) in [5.74, 6) is -0.449. The van der Waals surface area contributed by atoms with E-state index in [0.717, 1.165) is 23.1 Å². The number of hydrogen-bond acceptors (Lipinski definition) is 3. The first kappa shape index (κ1) is 12.7. The van der Waals surface area contributed by atoms with Gasteiger partial charge in [0.25, 0.3) is 0 Å². The highest BCUT2D eigenvalue weighted by Gasteiger charge is 2.50. The molecule has 1 aliphatic heterocycles. The van der Waals surface area contributed by atoms with Crippen LogP contribution in [0, 0.1) is 11.3 Å². The van der Waals surface area contributed by atoms with Gasteiger partial charge in [0, 0.05) is 11.5 Å². The van der Waals surface area contributed by atoms with Gasteiger partial charge in [0.1, 0.15) is 17.2 Å². The molecule has 100 valence electrons. The first-order valence-corrected chi connectivity index (χ1v) is 6.66. The van der Waals surface area contributed by atoms with Crippen LogP contribution in [0.25, 0.3) is 0 Å². The maximum atomic E-state index is 11.9. The molecule has 3 rings (SSSR count). The number of ether oxygens (including phenoxy) is 1. The quantitative estimate of drug-likeness (QED) is 0.732. The van der Waals surface area contributed by atoms with Gasteiger partial charge in [0.15, 0.2) is 0 Å². The zero-order chi connectivity index (χ0) is 14.3. The van der Waals surface area contributed by atoms with Crippen LogP contribution in [-0.4, -0.2) is 11.6 Å². The van der Waals surface area contributed by atoms with Crippen LogP contribution in [0.5, 0.6) is 0 Å². The molecule has 2 aliphatic rings. The van der Waals surface area contributed by atoms with E-state index >= 15 is 0 Å². The standard InChI is InChI=1S/C17H15NO2/c1-11-8-14(12-6-4-3-5-7-12)17(2)15(9-11)13(10-18)16(19)20-17/h3-7,9,14H,8H2,1-2H3. The molecule has 0 spiro atoms. The third-order valence-electron chi connectivity index (χ3n) is 4.21. The number of esters is 1. The van der Waals surface area contributed by atoms with Crippen LogP contribution in [0.3, 0.4) is 0 Å². The highest BCUT2D eigenvalue weighted by Crippen LogP contribution is 2.49. The average molecular weight is 265 g/mol. The highest BCUT2D eigenvalue weighted by molar-refractivity contribution is 5.98. The number of hydrogen-bond donors (Lipinski definition) is 0. The second-order valence-corrected chi connectivity index (χ2v) is 5.56. The first-order valence-electron chi connectivity index (χ1n) is 6.66. The van der Waals surface area contributed by atoms with Crippen molar-refractivity contribution in [1.29, 1.82) is 5.26 Å². The van der Waals surface area contributed by atoms with Crippen LogP contribution in [0.1, 0.15) is 31.7 Å². The lowest BCUT2D eigenvalue weighted by Crippen LogP contribution is -2.37. The summed E-state index contributed by atoms with van der Waals surface area (Å²) in [6.07, 6.45) is 2.76. The normalized spacial score (nSPS) is 28.6. The van der Waals surface area contributed by atoms with Gasteiger partial charge >= 0.3 is 5.97 Å². The molecule has 0 saturated heterocycles. The van der Waals surface area contributed by atoms with Gasteiger partial charge in [0.05, 0.1) is 0 Å². The molecule has 1 heterocycles. The molecule has 1 aromatic carbocycles. The van der Waals surface area contributed by atoms with Gasteiger partial charge in [-0.15, -0.1) is 0 Å². The van der Waals surface area contributed by atoms with Gasteiger partial charge in [-0.1, -0.05) is 42.0 Å². The van der Waals surface area contributed by atoms with Crippen molar-refractivity contribution in [2.75, 3.05) is 0 Å². The van der Waals surface area contributed by atoms with E-state index in [1.165, 1.54) is 0 Å². The van der Waals surface area contributed by atoms with Gasteiger partial charge in [-0.3, -0.25) is 0 Å². The maximum absolute atomic E-state index is 11.9. The van der Waals surface area contributed by atoms with E-state index in [4.69, 9.17) is 4.74 Å². The summed E-state index contributed by atoms with van der Waals surface area (Å²) in [5, 5.41) is 9.19. The number of nitriles is 1. The fourth-order valence-electron chi connectivity index (χ4n) is 3.18. The third-order valence-corrected chi connectivity index (χ3v) is 4.21. The zero-order valence-electron chi connectivity index (χ0n) is 11.5. The van der Waals surface area contributed by atoms with Crippen molar-refractivity contribution in [1.82, 2.24) is 0 Å². The number of fused-ring (bicyclic) bond motifs is 1. The molecular weight excluding hydrogens is 250 g/mol. The predicted octanol–water partition coefficient (Wildman–Crippen LogP) is 3.26. The summed E-state index contributed by atoms with van der Waals surface area (Å²) in [7, 11) is 0. The third kappa shape index (κ3) is 1.69. The summed E-state index contributed by atoms with van der Waals surface area (Å²) in [5.41, 5.74) is 2.43. The summed E-state index contributed by atoms with van der Waals surface area (Å²) in [4.78, 5) is 11.9. The molecule has 20 heavy (non-hydrogen) atoms. The average Bonchev–Trinajstić information content (AvgIpc) is 2.69. The molecular formula is C17H15NO2. The monoisotopic (exact) mass is 265 g/mol. The fourth-order valence-corrected chi connectivity index (χ4v) is 3.18. The lowest BCUT2D eigenvalue weighted by molar-refractivity contribution is -0.147. The van der Waals surface area contributed by atoms with Gasteiger partial charge in [0.2, 0.25) is 0 Å². The van der Waals surface area contributed by atoms with Crippen molar-refractivity contribution < 1.29 is 9.53 Å². The number of carbonyl (C=O) groups is 1. The number of benzene rings is 1. The van der Waals surface area contributed by atoms with Crippen LogP contribution >= 0.6 is 0 Å². The molecule has 1 aromatic rings. The Kier molecular flexibility index (Phi) is 2.76. The lowest BCUT2D eigenvalue weighted by Gasteiger charge is -2.38. The summed E-state index contributed by atoms with van der Waals surface area (Å²) < 4.78 is 5.59. The number of nitrogens with zero attached hydrogens (tertiary/aromatic N) is 1. The molecule has 3 heteroatoms. The van der Waals surface area contributed by atoms with Crippen molar-refractivity contribution in [2.24, 2.45) is 0 Å². The molecule has 0 N–H and O–H groups in total. The van der Waals surface area contributed by atoms with E-state index in [2.05, 4.69) is 0 Å². The molecule has 0 fully saturated rings. The van der Waals surface area contributed by atoms with Gasteiger partial charge < -0.3 is 4.74 Å². The Balaban J connectivity index is 2.18. The minimum absolute atomic E-state index is 0.0542. The van der Waals surface area contributed by atoms with E-state index in [1.54, 1.807) is 0 Å². The molecule has 1 aliphatic carbocycles. The Hall–Kier alpha value is -2.34. The van der Waals surface area contributed by atoms with Gasteiger partial charge in [-0.2, -0.15) is 5.26 Å². The van der Waals surface area contributed by atoms with Crippen molar-refractivity contribution in [3.8, 4) is 6.07 Å². The maximum Gasteiger partial charge on any atom is 0.350 e. The topological polar surface area (TPSA) is 50.1 Å². The molecule has 0 amide bonds. The van der Waals surface area contributed by atoms with Crippen LogP contribution in [0.2, 0.25) is 0 Å². The van der Waals surface area contributed by atoms with Crippen molar-refractivity contribution in [2.45, 2.75) is 31.8 Å². The number of carbonyl (C=O) groups excluding carboxylic acids is 1. The van der Waals surface area contributed by atoms with Crippen LogP contribution in [0.15, 0.2) is 53.1 Å². The van der Waals surface area contributed by atoms with Gasteiger partial charge in [-0.25, -0.2) is 4.79 Å². The second-order valence-electron chi connectivity index (χ2n) is 5.56. The summed E-state index contributed by atoms with van der Waals surface area (Å²) >= 11 is 0. The predicted molar refractivity (Wildman–Crippen MR) is 74.7 cm³/mol. The largest absolute Gasteiger partial charge is 0.450 e. The molecule has 3 nitrogen and oxygen atoms in total.